The predicted octanol–water partition coefficient (Wildman–Crippen LogP) is 1.01. The lowest BCUT2D eigenvalue weighted by molar-refractivity contribution is -0.144. The lowest BCUT2D eigenvalue weighted by atomic mass is 10.0. The van der Waals surface area contributed by atoms with Crippen molar-refractivity contribution in [2.75, 3.05) is 0 Å². The zero-order valence-electron chi connectivity index (χ0n) is 5.07. The Morgan fingerprint density at radius 3 is 3.22 bits per heavy atom. The molecule has 2 rings (SSSR count). The monoisotopic (exact) mass is 141 g/mol. The summed E-state index contributed by atoms with van der Waals surface area (Å²) in [5.41, 5.74) is 0. The first-order valence-electron chi connectivity index (χ1n) is 2.95. The fraction of sp³-hybridized carbons (Fsp3) is 0.500. The Balaban J connectivity index is 2.21. The Kier molecular flexibility index (Phi) is 0.913. The van der Waals surface area contributed by atoms with Gasteiger partial charge in [0.25, 0.3) is 0 Å². The van der Waals surface area contributed by atoms with Crippen molar-refractivity contribution in [2.45, 2.75) is 12.3 Å². The summed E-state index contributed by atoms with van der Waals surface area (Å²) in [7, 11) is 0. The van der Waals surface area contributed by atoms with Crippen LogP contribution in [0.25, 0.3) is 0 Å². The molecule has 2 aliphatic rings. The molecule has 3 heteroatoms. The van der Waals surface area contributed by atoms with Gasteiger partial charge in [-0.3, -0.25) is 4.79 Å². The van der Waals surface area contributed by atoms with Crippen LogP contribution in [0.5, 0.6) is 0 Å². The highest BCUT2D eigenvalue weighted by atomic mass is 32.2. The van der Waals surface area contributed by atoms with Crippen LogP contribution in [0.3, 0.4) is 0 Å². The molecule has 1 unspecified atom stereocenters. The number of hydrogen-bond acceptors (Lipinski definition) is 2. The number of rotatable bonds is 0. The van der Waals surface area contributed by atoms with Crippen molar-refractivity contribution in [1.82, 2.24) is 4.90 Å². The summed E-state index contributed by atoms with van der Waals surface area (Å²) in [4.78, 5) is 12.7. The van der Waals surface area contributed by atoms with E-state index in [9.17, 15) is 4.79 Å². The van der Waals surface area contributed by atoms with Crippen LogP contribution >= 0.6 is 11.8 Å². The van der Waals surface area contributed by atoms with Crippen molar-refractivity contribution in [2.24, 2.45) is 5.92 Å². The number of hydrogen-bond donors (Lipinski definition) is 0. The van der Waals surface area contributed by atoms with E-state index in [2.05, 4.69) is 0 Å². The van der Waals surface area contributed by atoms with Crippen LogP contribution in [-0.2, 0) is 4.79 Å². The van der Waals surface area contributed by atoms with Crippen LogP contribution in [0.1, 0.15) is 6.92 Å². The highest BCUT2D eigenvalue weighted by Gasteiger charge is 2.45. The van der Waals surface area contributed by atoms with Crippen LogP contribution in [-0.4, -0.2) is 16.2 Å². The first-order chi connectivity index (χ1) is 4.30. The van der Waals surface area contributed by atoms with Gasteiger partial charge in [-0.1, -0.05) is 6.92 Å². The van der Waals surface area contributed by atoms with Gasteiger partial charge in [-0.2, -0.15) is 0 Å². The molecular formula is C6H7NOS. The highest BCUT2D eigenvalue weighted by molar-refractivity contribution is 8.03. The van der Waals surface area contributed by atoms with Gasteiger partial charge in [-0.15, -0.1) is 11.8 Å². The molecule has 1 fully saturated rings. The Bertz CT molecular complexity index is 189. The zero-order valence-corrected chi connectivity index (χ0v) is 5.89. The first-order valence-corrected chi connectivity index (χ1v) is 3.89. The summed E-state index contributed by atoms with van der Waals surface area (Å²) in [5.74, 6) is 0.506. The average Bonchev–Trinajstić information content (AvgIpc) is 2.30. The second-order valence-corrected chi connectivity index (χ2v) is 3.37. The number of nitrogens with zero attached hydrogens (tertiary/aromatic N) is 1. The van der Waals surface area contributed by atoms with Crippen LogP contribution in [0.15, 0.2) is 11.6 Å². The molecular weight excluding hydrogens is 134 g/mol. The smallest absolute Gasteiger partial charge is 0.233 e. The van der Waals surface area contributed by atoms with E-state index < -0.39 is 0 Å². The summed E-state index contributed by atoms with van der Waals surface area (Å²) in [6.07, 6.45) is 1.86. The minimum absolute atomic E-state index is 0.241. The van der Waals surface area contributed by atoms with E-state index in [1.54, 1.807) is 16.7 Å². The van der Waals surface area contributed by atoms with Crippen molar-refractivity contribution in [3.05, 3.63) is 11.6 Å². The van der Waals surface area contributed by atoms with Crippen molar-refractivity contribution >= 4 is 17.7 Å². The summed E-state index contributed by atoms with van der Waals surface area (Å²) >= 11 is 1.73. The second-order valence-electron chi connectivity index (χ2n) is 2.35. The van der Waals surface area contributed by atoms with Gasteiger partial charge >= 0.3 is 0 Å². The molecule has 2 nitrogen and oxygen atoms in total. The van der Waals surface area contributed by atoms with Gasteiger partial charge < -0.3 is 4.90 Å². The number of β-lactam (4-membered cyclic amide) rings is 1. The maximum Gasteiger partial charge on any atom is 0.233 e. The van der Waals surface area contributed by atoms with E-state index in [0.717, 1.165) is 0 Å². The number of fused-ring (bicyclic) bond motifs is 1. The van der Waals surface area contributed by atoms with E-state index in [4.69, 9.17) is 0 Å². The molecule has 0 spiro atoms. The van der Waals surface area contributed by atoms with E-state index in [-0.39, 0.29) is 11.8 Å². The fourth-order valence-electron chi connectivity index (χ4n) is 1.16. The van der Waals surface area contributed by atoms with E-state index in [0.29, 0.717) is 5.37 Å². The highest BCUT2D eigenvalue weighted by Crippen LogP contribution is 2.40. The number of carbonyl (C=O) groups is 1. The van der Waals surface area contributed by atoms with E-state index >= 15 is 0 Å². The molecule has 0 aromatic heterocycles. The molecule has 2 heterocycles. The molecule has 1 amide bonds. The maximum absolute atomic E-state index is 10.9. The SMILES string of the molecule is CC1C(=O)N2C=CS[C@@H]12. The van der Waals surface area contributed by atoms with E-state index in [1.807, 2.05) is 18.5 Å². The third kappa shape index (κ3) is 0.503. The average molecular weight is 141 g/mol. The lowest BCUT2D eigenvalue weighted by Gasteiger charge is -2.38. The van der Waals surface area contributed by atoms with Crippen LogP contribution in [0, 0.1) is 5.92 Å². The third-order valence-electron chi connectivity index (χ3n) is 1.79. The largest absolute Gasteiger partial charge is 0.305 e. The molecule has 0 aromatic carbocycles. The molecule has 0 aromatic rings. The quantitative estimate of drug-likeness (QED) is 0.469. The Morgan fingerprint density at radius 2 is 2.56 bits per heavy atom. The van der Waals surface area contributed by atoms with Gasteiger partial charge in [-0.25, -0.2) is 0 Å². The van der Waals surface area contributed by atoms with Gasteiger partial charge in [0.1, 0.15) is 0 Å². The second kappa shape index (κ2) is 1.53. The summed E-state index contributed by atoms with van der Waals surface area (Å²) in [6.45, 7) is 1.98. The summed E-state index contributed by atoms with van der Waals surface area (Å²) in [5, 5.41) is 2.41. The van der Waals surface area contributed by atoms with Gasteiger partial charge in [0.05, 0.1) is 11.3 Å². The minimum atomic E-state index is 0.241. The van der Waals surface area contributed by atoms with Crippen molar-refractivity contribution in [3.63, 3.8) is 0 Å². The fourth-order valence-corrected chi connectivity index (χ4v) is 2.18. The molecule has 2 aliphatic heterocycles. The minimum Gasteiger partial charge on any atom is -0.305 e. The normalized spacial score (nSPS) is 38.8. The number of amides is 1. The Labute approximate surface area is 57.9 Å². The van der Waals surface area contributed by atoms with Gasteiger partial charge in [-0.05, 0) is 5.41 Å². The topological polar surface area (TPSA) is 20.3 Å². The van der Waals surface area contributed by atoms with Crippen LogP contribution in [0.4, 0.5) is 0 Å². The lowest BCUT2D eigenvalue weighted by Crippen LogP contribution is -2.52. The van der Waals surface area contributed by atoms with Crippen molar-refractivity contribution in [1.29, 1.82) is 0 Å². The molecule has 0 radical (unpaired) electrons. The standard InChI is InChI=1S/C6H7NOS/c1-4-5(8)7-2-3-9-6(4)7/h2-4,6H,1H3/t4?,6-/m0/s1. The number of thioether (sulfide) groups is 1. The van der Waals surface area contributed by atoms with E-state index in [1.165, 1.54) is 0 Å². The Hall–Kier alpha value is -0.440. The van der Waals surface area contributed by atoms with Gasteiger partial charge in [0, 0.05) is 6.20 Å². The van der Waals surface area contributed by atoms with Crippen molar-refractivity contribution in [3.8, 4) is 0 Å². The van der Waals surface area contributed by atoms with Crippen LogP contribution in [0.2, 0.25) is 0 Å². The predicted molar refractivity (Wildman–Crippen MR) is 36.5 cm³/mol. The first kappa shape index (κ1) is 5.35. The Morgan fingerprint density at radius 1 is 1.78 bits per heavy atom. The molecule has 1 saturated heterocycles. The van der Waals surface area contributed by atoms with Crippen molar-refractivity contribution < 1.29 is 4.79 Å². The van der Waals surface area contributed by atoms with Gasteiger partial charge in [0.15, 0.2) is 0 Å². The number of carbonyl (C=O) groups excluding carboxylic acids is 1. The molecule has 0 bridgehead atoms. The summed E-state index contributed by atoms with van der Waals surface area (Å²) in [6, 6.07) is 0. The van der Waals surface area contributed by atoms with Gasteiger partial charge in [0.2, 0.25) is 5.91 Å². The molecule has 9 heavy (non-hydrogen) atoms. The molecule has 0 N–H and O–H groups in total. The van der Waals surface area contributed by atoms with Crippen LogP contribution < -0.4 is 0 Å². The molecule has 0 aliphatic carbocycles. The summed E-state index contributed by atoms with van der Waals surface area (Å²) < 4.78 is 0. The zero-order chi connectivity index (χ0) is 6.43. The molecule has 2 atom stereocenters. The third-order valence-corrected chi connectivity index (χ3v) is 2.98. The maximum atomic E-state index is 10.9. The molecule has 0 saturated carbocycles. The molecule has 48 valence electrons.